The summed E-state index contributed by atoms with van der Waals surface area (Å²) >= 11 is 6.16. The zero-order chi connectivity index (χ0) is 22.0. The summed E-state index contributed by atoms with van der Waals surface area (Å²) in [4.78, 5) is 12.8. The van der Waals surface area contributed by atoms with Gasteiger partial charge < -0.3 is 10.1 Å². The summed E-state index contributed by atoms with van der Waals surface area (Å²) in [6.07, 6.45) is 0.623. The molecule has 160 valence electrons. The monoisotopic (exact) mass is 456 g/mol. The van der Waals surface area contributed by atoms with E-state index in [-0.39, 0.29) is 17.3 Å². The number of hydrogen-bond donors (Lipinski definition) is 1. The van der Waals surface area contributed by atoms with E-state index in [1.807, 2.05) is 24.3 Å². The number of rotatable bonds is 6. The molecule has 1 aliphatic heterocycles. The number of anilines is 1. The van der Waals surface area contributed by atoms with E-state index in [9.17, 15) is 13.2 Å². The lowest BCUT2D eigenvalue weighted by Gasteiger charge is -2.31. The van der Waals surface area contributed by atoms with Gasteiger partial charge in [0.15, 0.2) is 0 Å². The van der Waals surface area contributed by atoms with Crippen LogP contribution in [0.25, 0.3) is 11.1 Å². The van der Waals surface area contributed by atoms with Gasteiger partial charge in [0.1, 0.15) is 12.3 Å². The summed E-state index contributed by atoms with van der Waals surface area (Å²) in [5.41, 5.74) is 2.74. The molecule has 1 amide bonds. The third kappa shape index (κ3) is 4.24. The summed E-state index contributed by atoms with van der Waals surface area (Å²) in [6, 6.07) is 19.3. The van der Waals surface area contributed by atoms with Gasteiger partial charge in [-0.3, -0.25) is 9.10 Å². The number of methoxy groups -OCH3 is 1. The number of hydrogen-bond acceptors (Lipinski definition) is 4. The highest BCUT2D eigenvalue weighted by molar-refractivity contribution is 7.93. The number of carbonyl (C=O) groups is 1. The number of fused-ring (bicyclic) bond motifs is 3. The van der Waals surface area contributed by atoms with Gasteiger partial charge in [-0.05, 0) is 48.4 Å². The van der Waals surface area contributed by atoms with Gasteiger partial charge in [-0.15, -0.1) is 0 Å². The summed E-state index contributed by atoms with van der Waals surface area (Å²) in [7, 11) is -2.27. The van der Waals surface area contributed by atoms with Gasteiger partial charge in [0.2, 0.25) is 5.91 Å². The Kier molecular flexibility index (Phi) is 5.89. The van der Waals surface area contributed by atoms with E-state index in [4.69, 9.17) is 16.3 Å². The summed E-state index contributed by atoms with van der Waals surface area (Å²) in [6.45, 7) is 0.0804. The number of ether oxygens (including phenoxy) is 1. The van der Waals surface area contributed by atoms with Crippen LogP contribution in [0.4, 0.5) is 5.69 Å². The lowest BCUT2D eigenvalue weighted by molar-refractivity contribution is -0.119. The van der Waals surface area contributed by atoms with Crippen LogP contribution in [0.5, 0.6) is 5.75 Å². The van der Waals surface area contributed by atoms with Gasteiger partial charge in [0.25, 0.3) is 10.0 Å². The zero-order valence-electron chi connectivity index (χ0n) is 16.8. The average Bonchev–Trinajstić information content (AvgIpc) is 2.77. The van der Waals surface area contributed by atoms with Crippen LogP contribution in [-0.4, -0.2) is 34.5 Å². The van der Waals surface area contributed by atoms with Gasteiger partial charge in [-0.25, -0.2) is 8.42 Å². The normalized spacial score (nSPS) is 13.8. The van der Waals surface area contributed by atoms with Gasteiger partial charge in [0, 0.05) is 22.7 Å². The Morgan fingerprint density at radius 1 is 1.03 bits per heavy atom. The van der Waals surface area contributed by atoms with Gasteiger partial charge in [0.05, 0.1) is 17.7 Å². The van der Waals surface area contributed by atoms with Crippen molar-refractivity contribution in [3.05, 3.63) is 77.3 Å². The summed E-state index contributed by atoms with van der Waals surface area (Å²) < 4.78 is 32.8. The Morgan fingerprint density at radius 2 is 1.77 bits per heavy atom. The Hall–Kier alpha value is -3.03. The topological polar surface area (TPSA) is 75.7 Å². The standard InChI is InChI=1S/C23H21ClN2O4S/c1-30-18-9-6-16(7-10-18)12-13-25-23(27)15-26-21-11-8-17(24)14-20(21)19-4-2-3-5-22(19)31(26,28)29/h2-11,14H,12-13,15H2,1H3,(H,25,27). The van der Waals surface area contributed by atoms with Crippen molar-refractivity contribution < 1.29 is 17.9 Å². The quantitative estimate of drug-likeness (QED) is 0.610. The average molecular weight is 457 g/mol. The predicted octanol–water partition coefficient (Wildman–Crippen LogP) is 3.88. The van der Waals surface area contributed by atoms with Crippen LogP contribution in [0.1, 0.15) is 5.56 Å². The minimum Gasteiger partial charge on any atom is -0.497 e. The first-order valence-electron chi connectivity index (χ1n) is 9.71. The molecular weight excluding hydrogens is 436 g/mol. The SMILES string of the molecule is COc1ccc(CCNC(=O)CN2c3ccc(Cl)cc3-c3ccccc3S2(=O)=O)cc1. The first-order chi connectivity index (χ1) is 14.9. The van der Waals surface area contributed by atoms with Crippen molar-refractivity contribution >= 4 is 33.2 Å². The maximum atomic E-state index is 13.2. The van der Waals surface area contributed by atoms with E-state index < -0.39 is 10.0 Å². The van der Waals surface area contributed by atoms with Gasteiger partial charge in [-0.2, -0.15) is 0 Å². The van der Waals surface area contributed by atoms with E-state index in [0.29, 0.717) is 34.8 Å². The van der Waals surface area contributed by atoms with E-state index >= 15 is 0 Å². The number of amides is 1. The highest BCUT2D eigenvalue weighted by Gasteiger charge is 2.35. The minimum atomic E-state index is -3.87. The molecule has 0 unspecified atom stereocenters. The molecule has 0 spiro atoms. The maximum Gasteiger partial charge on any atom is 0.265 e. The van der Waals surface area contributed by atoms with Crippen LogP contribution in [0.2, 0.25) is 5.02 Å². The molecule has 0 atom stereocenters. The van der Waals surface area contributed by atoms with E-state index in [0.717, 1.165) is 15.6 Å². The van der Waals surface area contributed by atoms with E-state index in [1.165, 1.54) is 0 Å². The lowest BCUT2D eigenvalue weighted by Crippen LogP contribution is -2.43. The first-order valence-corrected chi connectivity index (χ1v) is 11.5. The molecule has 6 nitrogen and oxygen atoms in total. The van der Waals surface area contributed by atoms with Crippen molar-refractivity contribution in [2.24, 2.45) is 0 Å². The van der Waals surface area contributed by atoms with Crippen molar-refractivity contribution in [1.29, 1.82) is 0 Å². The molecule has 0 aromatic heterocycles. The summed E-state index contributed by atoms with van der Waals surface area (Å²) in [5.74, 6) is 0.388. The second-order valence-corrected chi connectivity index (χ2v) is 9.38. The van der Waals surface area contributed by atoms with Crippen LogP contribution >= 0.6 is 11.6 Å². The fourth-order valence-corrected chi connectivity index (χ4v) is 5.42. The second-order valence-electron chi connectivity index (χ2n) is 7.12. The molecule has 3 aromatic rings. The molecule has 0 saturated carbocycles. The third-order valence-corrected chi connectivity index (χ3v) is 7.21. The highest BCUT2D eigenvalue weighted by atomic mass is 35.5. The molecular formula is C23H21ClN2O4S. The molecule has 1 N–H and O–H groups in total. The number of benzene rings is 3. The smallest absolute Gasteiger partial charge is 0.265 e. The van der Waals surface area contributed by atoms with Crippen molar-refractivity contribution in [2.75, 3.05) is 24.5 Å². The number of nitrogens with zero attached hydrogens (tertiary/aromatic N) is 1. The van der Waals surface area contributed by atoms with Crippen molar-refractivity contribution in [3.8, 4) is 16.9 Å². The lowest BCUT2D eigenvalue weighted by atomic mass is 10.0. The van der Waals surface area contributed by atoms with Crippen molar-refractivity contribution in [3.63, 3.8) is 0 Å². The molecule has 3 aromatic carbocycles. The van der Waals surface area contributed by atoms with Crippen molar-refractivity contribution in [2.45, 2.75) is 11.3 Å². The molecule has 1 aliphatic rings. The van der Waals surface area contributed by atoms with Crippen LogP contribution in [0.15, 0.2) is 71.6 Å². The molecule has 8 heteroatoms. The summed E-state index contributed by atoms with van der Waals surface area (Å²) in [5, 5.41) is 3.31. The fourth-order valence-electron chi connectivity index (χ4n) is 3.60. The van der Waals surface area contributed by atoms with Crippen molar-refractivity contribution in [1.82, 2.24) is 5.32 Å². The highest BCUT2D eigenvalue weighted by Crippen LogP contribution is 2.43. The fraction of sp³-hybridized carbons (Fsp3) is 0.174. The second kappa shape index (κ2) is 8.61. The van der Waals surface area contributed by atoms with Crippen LogP contribution in [-0.2, 0) is 21.2 Å². The van der Waals surface area contributed by atoms with Gasteiger partial charge >= 0.3 is 0 Å². The minimum absolute atomic E-state index is 0.163. The molecule has 0 aliphatic carbocycles. The maximum absolute atomic E-state index is 13.2. The largest absolute Gasteiger partial charge is 0.497 e. The Bertz CT molecular complexity index is 1230. The Balaban J connectivity index is 1.51. The molecule has 0 radical (unpaired) electrons. The predicted molar refractivity (Wildman–Crippen MR) is 121 cm³/mol. The molecule has 0 bridgehead atoms. The number of nitrogens with one attached hydrogen (secondary N) is 1. The molecule has 31 heavy (non-hydrogen) atoms. The molecule has 0 fully saturated rings. The number of halogens is 1. The van der Waals surface area contributed by atoms with Gasteiger partial charge in [-0.1, -0.05) is 41.9 Å². The van der Waals surface area contributed by atoms with E-state index in [1.54, 1.807) is 49.6 Å². The Morgan fingerprint density at radius 3 is 2.52 bits per heavy atom. The zero-order valence-corrected chi connectivity index (χ0v) is 18.4. The molecule has 4 rings (SSSR count). The molecule has 0 saturated heterocycles. The third-order valence-electron chi connectivity index (χ3n) is 5.15. The van der Waals surface area contributed by atoms with Crippen LogP contribution in [0.3, 0.4) is 0 Å². The number of sulfonamides is 1. The molecule has 1 heterocycles. The Labute approximate surface area is 186 Å². The van der Waals surface area contributed by atoms with Crippen LogP contribution < -0.4 is 14.4 Å². The number of carbonyl (C=O) groups excluding carboxylic acids is 1. The van der Waals surface area contributed by atoms with E-state index in [2.05, 4.69) is 5.32 Å². The van der Waals surface area contributed by atoms with Crippen LogP contribution in [0, 0.1) is 0 Å². The first kappa shape index (κ1) is 21.2.